The summed E-state index contributed by atoms with van der Waals surface area (Å²) >= 11 is 6.03. The highest BCUT2D eigenvalue weighted by Gasteiger charge is 2.21. The van der Waals surface area contributed by atoms with Gasteiger partial charge in [0.05, 0.1) is 12.8 Å². The fourth-order valence-corrected chi connectivity index (χ4v) is 4.68. The molecule has 0 spiro atoms. The van der Waals surface area contributed by atoms with Crippen molar-refractivity contribution >= 4 is 22.9 Å². The molecule has 3 heterocycles. The molecular formula is C27H28ClN3O2. The van der Waals surface area contributed by atoms with Gasteiger partial charge in [0, 0.05) is 60.8 Å². The van der Waals surface area contributed by atoms with Crippen LogP contribution in [0.1, 0.15) is 23.2 Å². The lowest BCUT2D eigenvalue weighted by atomic mass is 9.95. The number of nitrogens with zero attached hydrogens (tertiary/aromatic N) is 3. The number of fused-ring (bicyclic) bond motifs is 2. The molecule has 33 heavy (non-hydrogen) atoms. The normalized spacial score (nSPS) is 17.2. The third-order valence-electron chi connectivity index (χ3n) is 6.38. The molecule has 0 saturated carbocycles. The van der Waals surface area contributed by atoms with Gasteiger partial charge in [-0.05, 0) is 60.5 Å². The molecule has 3 aromatic rings. The Morgan fingerprint density at radius 3 is 2.64 bits per heavy atom. The van der Waals surface area contributed by atoms with Crippen LogP contribution in [0.25, 0.3) is 5.57 Å². The van der Waals surface area contributed by atoms with Gasteiger partial charge in [0.1, 0.15) is 18.1 Å². The fraction of sp³-hybridized carbons (Fsp3) is 0.296. The standard InChI is InChI=1S/C27H28ClN3O2/c1-32-22-10-11-27-25(18-22)23(24-4-2-12-29-26(24)19-33-27)5-3-13-30-14-16-31(17-15-30)21-8-6-20(28)7-9-21/h2,4-12,18H,3,13-17,19H2,1H3/b23-5+. The van der Waals surface area contributed by atoms with Gasteiger partial charge < -0.3 is 14.4 Å². The fourth-order valence-electron chi connectivity index (χ4n) is 4.55. The first-order chi connectivity index (χ1) is 16.2. The second-order valence-electron chi connectivity index (χ2n) is 8.36. The van der Waals surface area contributed by atoms with Crippen LogP contribution >= 0.6 is 11.6 Å². The molecule has 2 aromatic carbocycles. The van der Waals surface area contributed by atoms with Gasteiger partial charge in [-0.1, -0.05) is 23.7 Å². The van der Waals surface area contributed by atoms with Crippen molar-refractivity contribution in [3.05, 3.63) is 88.7 Å². The SMILES string of the molecule is COc1ccc2c(c1)/C(=C/CCN1CCN(c3ccc(Cl)cc3)CC1)c1cccnc1CO2. The van der Waals surface area contributed by atoms with Crippen molar-refractivity contribution in [2.75, 3.05) is 44.7 Å². The quantitative estimate of drug-likeness (QED) is 0.516. The van der Waals surface area contributed by atoms with Crippen molar-refractivity contribution in [1.29, 1.82) is 0 Å². The Morgan fingerprint density at radius 1 is 1.03 bits per heavy atom. The van der Waals surface area contributed by atoms with Gasteiger partial charge in [-0.15, -0.1) is 0 Å². The molecule has 1 fully saturated rings. The lowest BCUT2D eigenvalue weighted by Gasteiger charge is -2.36. The number of benzene rings is 2. The maximum atomic E-state index is 6.08. The molecule has 0 N–H and O–H groups in total. The minimum absolute atomic E-state index is 0.472. The molecule has 2 aliphatic rings. The second-order valence-corrected chi connectivity index (χ2v) is 8.80. The van der Waals surface area contributed by atoms with Crippen LogP contribution in [0.3, 0.4) is 0 Å². The van der Waals surface area contributed by atoms with Crippen molar-refractivity contribution in [3.63, 3.8) is 0 Å². The molecule has 0 atom stereocenters. The number of rotatable bonds is 5. The van der Waals surface area contributed by atoms with E-state index >= 15 is 0 Å². The van der Waals surface area contributed by atoms with Gasteiger partial charge in [0.15, 0.2) is 0 Å². The van der Waals surface area contributed by atoms with Crippen LogP contribution in [0.4, 0.5) is 5.69 Å². The first kappa shape index (κ1) is 21.8. The van der Waals surface area contributed by atoms with Crippen LogP contribution in [0.5, 0.6) is 11.5 Å². The number of ether oxygens (including phenoxy) is 2. The van der Waals surface area contributed by atoms with Crippen molar-refractivity contribution in [2.24, 2.45) is 0 Å². The van der Waals surface area contributed by atoms with Gasteiger partial charge in [0.2, 0.25) is 0 Å². The average Bonchev–Trinajstić information content (AvgIpc) is 3.02. The van der Waals surface area contributed by atoms with Crippen molar-refractivity contribution in [2.45, 2.75) is 13.0 Å². The summed E-state index contributed by atoms with van der Waals surface area (Å²) in [7, 11) is 1.70. The van der Waals surface area contributed by atoms with Gasteiger partial charge in [0.25, 0.3) is 0 Å². The Labute approximate surface area is 200 Å². The first-order valence-corrected chi connectivity index (χ1v) is 11.8. The van der Waals surface area contributed by atoms with Gasteiger partial charge in [-0.2, -0.15) is 0 Å². The molecule has 0 unspecified atom stereocenters. The molecule has 170 valence electrons. The van der Waals surface area contributed by atoms with Crippen molar-refractivity contribution < 1.29 is 9.47 Å². The number of pyridine rings is 1. The minimum Gasteiger partial charge on any atom is -0.497 e. The third kappa shape index (κ3) is 4.85. The molecule has 6 heteroatoms. The van der Waals surface area contributed by atoms with E-state index in [1.807, 2.05) is 36.5 Å². The maximum Gasteiger partial charge on any atom is 0.131 e. The number of anilines is 1. The monoisotopic (exact) mass is 461 g/mol. The molecule has 2 aliphatic heterocycles. The number of hydrogen-bond donors (Lipinski definition) is 0. The summed E-state index contributed by atoms with van der Waals surface area (Å²) in [5.41, 5.74) is 5.58. The summed E-state index contributed by atoms with van der Waals surface area (Å²) < 4.78 is 11.6. The average molecular weight is 462 g/mol. The largest absolute Gasteiger partial charge is 0.497 e. The molecule has 1 aromatic heterocycles. The molecule has 5 nitrogen and oxygen atoms in total. The zero-order chi connectivity index (χ0) is 22.6. The van der Waals surface area contributed by atoms with Crippen LogP contribution in [0.15, 0.2) is 66.9 Å². The van der Waals surface area contributed by atoms with Crippen molar-refractivity contribution in [1.82, 2.24) is 9.88 Å². The van der Waals surface area contributed by atoms with Crippen LogP contribution in [0.2, 0.25) is 5.02 Å². The zero-order valence-electron chi connectivity index (χ0n) is 18.8. The Kier molecular flexibility index (Phi) is 6.51. The number of piperazine rings is 1. The minimum atomic E-state index is 0.472. The summed E-state index contributed by atoms with van der Waals surface area (Å²) in [6, 6.07) is 18.3. The van der Waals surface area contributed by atoms with E-state index in [9.17, 15) is 0 Å². The zero-order valence-corrected chi connectivity index (χ0v) is 19.6. The van der Waals surface area contributed by atoms with E-state index in [-0.39, 0.29) is 0 Å². The van der Waals surface area contributed by atoms with E-state index in [0.717, 1.165) is 72.5 Å². The topological polar surface area (TPSA) is 37.8 Å². The van der Waals surface area contributed by atoms with Gasteiger partial charge >= 0.3 is 0 Å². The summed E-state index contributed by atoms with van der Waals surface area (Å²) in [5.74, 6) is 1.70. The van der Waals surface area contributed by atoms with E-state index in [1.165, 1.54) is 11.3 Å². The van der Waals surface area contributed by atoms with E-state index in [4.69, 9.17) is 21.1 Å². The number of aromatic nitrogens is 1. The molecule has 0 amide bonds. The second kappa shape index (κ2) is 9.86. The summed E-state index contributed by atoms with van der Waals surface area (Å²) in [6.07, 6.45) is 5.12. The van der Waals surface area contributed by atoms with Crippen LogP contribution in [0, 0.1) is 0 Å². The van der Waals surface area contributed by atoms with Crippen LogP contribution in [-0.4, -0.2) is 49.7 Å². The Hall–Kier alpha value is -3.02. The predicted molar refractivity (Wildman–Crippen MR) is 133 cm³/mol. The smallest absolute Gasteiger partial charge is 0.131 e. The Bertz CT molecular complexity index is 1140. The lowest BCUT2D eigenvalue weighted by molar-refractivity contribution is 0.262. The molecule has 1 saturated heterocycles. The van der Waals surface area contributed by atoms with E-state index in [0.29, 0.717) is 6.61 Å². The predicted octanol–water partition coefficient (Wildman–Crippen LogP) is 5.28. The molecule has 0 aliphatic carbocycles. The third-order valence-corrected chi connectivity index (χ3v) is 6.63. The molecule has 0 radical (unpaired) electrons. The van der Waals surface area contributed by atoms with Gasteiger partial charge in [-0.25, -0.2) is 0 Å². The summed E-state index contributed by atoms with van der Waals surface area (Å²) in [4.78, 5) is 9.54. The number of hydrogen-bond acceptors (Lipinski definition) is 5. The number of methoxy groups -OCH3 is 1. The van der Waals surface area contributed by atoms with Gasteiger partial charge in [-0.3, -0.25) is 9.88 Å². The highest BCUT2D eigenvalue weighted by Crippen LogP contribution is 2.38. The van der Waals surface area contributed by atoms with E-state index in [2.05, 4.69) is 45.1 Å². The summed E-state index contributed by atoms with van der Waals surface area (Å²) in [5, 5.41) is 0.783. The van der Waals surface area contributed by atoms with Crippen molar-refractivity contribution in [3.8, 4) is 11.5 Å². The Balaban J connectivity index is 1.30. The van der Waals surface area contributed by atoms with Crippen LogP contribution in [-0.2, 0) is 6.61 Å². The highest BCUT2D eigenvalue weighted by atomic mass is 35.5. The maximum absolute atomic E-state index is 6.08. The highest BCUT2D eigenvalue weighted by molar-refractivity contribution is 6.30. The lowest BCUT2D eigenvalue weighted by Crippen LogP contribution is -2.46. The van der Waals surface area contributed by atoms with E-state index < -0.39 is 0 Å². The molecular weight excluding hydrogens is 434 g/mol. The molecule has 5 rings (SSSR count). The Morgan fingerprint density at radius 2 is 1.85 bits per heavy atom. The first-order valence-electron chi connectivity index (χ1n) is 11.4. The van der Waals surface area contributed by atoms with Crippen LogP contribution < -0.4 is 14.4 Å². The van der Waals surface area contributed by atoms with E-state index in [1.54, 1.807) is 7.11 Å². The summed E-state index contributed by atoms with van der Waals surface area (Å²) in [6.45, 7) is 5.65. The molecule has 0 bridgehead atoms. The number of halogens is 1.